The molecule has 1 amide bonds. The molecule has 1 saturated heterocycles. The fourth-order valence-electron chi connectivity index (χ4n) is 5.21. The predicted octanol–water partition coefficient (Wildman–Crippen LogP) is 7.98. The minimum atomic E-state index is -4.83. The minimum absolute atomic E-state index is 0.0183. The highest BCUT2D eigenvalue weighted by atomic mass is 32.2. The average molecular weight is 717 g/mol. The molecule has 0 bridgehead atoms. The largest absolute Gasteiger partial charge is 0.444 e. The molecule has 2 aromatic heterocycles. The van der Waals surface area contributed by atoms with Crippen molar-refractivity contribution in [3.63, 3.8) is 0 Å². The molecule has 0 spiro atoms. The minimum Gasteiger partial charge on any atom is -0.444 e. The molecule has 1 aliphatic rings. The van der Waals surface area contributed by atoms with E-state index in [1.165, 1.54) is 23.5 Å². The van der Waals surface area contributed by atoms with Crippen molar-refractivity contribution in [3.8, 4) is 21.8 Å². The molecule has 1 fully saturated rings. The van der Waals surface area contributed by atoms with E-state index in [9.17, 15) is 22.0 Å². The smallest absolute Gasteiger partial charge is 0.410 e. The van der Waals surface area contributed by atoms with Crippen molar-refractivity contribution in [3.05, 3.63) is 71.1 Å². The molecule has 2 N–H and O–H groups in total. The van der Waals surface area contributed by atoms with Gasteiger partial charge in [-0.05, 0) is 70.4 Å². The lowest BCUT2D eigenvalue weighted by Gasteiger charge is -2.26. The van der Waals surface area contributed by atoms with E-state index < -0.39 is 49.1 Å². The van der Waals surface area contributed by atoms with E-state index in [1.807, 2.05) is 46.3 Å². The predicted molar refractivity (Wildman–Crippen MR) is 183 cm³/mol. The topological polar surface area (TPSA) is 126 Å². The third kappa shape index (κ3) is 8.50. The molecule has 49 heavy (non-hydrogen) atoms. The third-order valence-corrected chi connectivity index (χ3v) is 10.5. The number of ether oxygens (including phenoxy) is 1. The Morgan fingerprint density at radius 1 is 0.959 bits per heavy atom. The number of thiazole rings is 1. The van der Waals surface area contributed by atoms with Crippen LogP contribution in [-0.2, 0) is 20.2 Å². The molecule has 1 aliphatic heterocycles. The lowest BCUT2D eigenvalue weighted by Crippen LogP contribution is -2.37. The molecule has 4 aromatic rings. The van der Waals surface area contributed by atoms with Crippen molar-refractivity contribution < 1.29 is 31.1 Å². The molecule has 0 radical (unpaired) electrons. The van der Waals surface area contributed by atoms with E-state index >= 15 is 4.39 Å². The zero-order valence-electron chi connectivity index (χ0n) is 28.1. The zero-order valence-corrected chi connectivity index (χ0v) is 29.7. The number of nitrogens with zero attached hydrogens (tertiary/aromatic N) is 4. The molecule has 1 unspecified atom stereocenters. The van der Waals surface area contributed by atoms with Crippen molar-refractivity contribution in [1.82, 2.24) is 19.9 Å². The van der Waals surface area contributed by atoms with Gasteiger partial charge in [0.05, 0.1) is 27.0 Å². The van der Waals surface area contributed by atoms with E-state index in [4.69, 9.17) is 14.7 Å². The quantitative estimate of drug-likeness (QED) is 0.197. The SMILES string of the molecule is CC(C)(C)OC(=O)N1CCCC(Nc2nccc(-c3sc(C(C)(C)C)nc3-c3cccc(NS(=O)(=O)c4c(F)cccc4F)c3F)n2)CC1. The molecule has 0 aliphatic carbocycles. The molecular weight excluding hydrogens is 678 g/mol. The van der Waals surface area contributed by atoms with Crippen LogP contribution in [0.25, 0.3) is 21.8 Å². The molecule has 3 heterocycles. The molecule has 5 rings (SSSR count). The van der Waals surface area contributed by atoms with Crippen LogP contribution in [0.1, 0.15) is 65.8 Å². The highest BCUT2D eigenvalue weighted by molar-refractivity contribution is 7.92. The number of halogens is 3. The fraction of sp³-hybridized carbons (Fsp3) is 0.412. The number of rotatable bonds is 7. The first-order valence-electron chi connectivity index (χ1n) is 15.8. The molecule has 2 aromatic carbocycles. The van der Waals surface area contributed by atoms with Gasteiger partial charge in [-0.3, -0.25) is 4.72 Å². The van der Waals surface area contributed by atoms with Crippen molar-refractivity contribution in [1.29, 1.82) is 0 Å². The van der Waals surface area contributed by atoms with Crippen LogP contribution in [0.4, 0.5) is 29.6 Å². The van der Waals surface area contributed by atoms with Crippen LogP contribution < -0.4 is 10.0 Å². The monoisotopic (exact) mass is 716 g/mol. The average Bonchev–Trinajstić information content (AvgIpc) is 3.32. The second-order valence-corrected chi connectivity index (χ2v) is 16.4. The number of hydrogen-bond donors (Lipinski definition) is 2. The normalized spacial score (nSPS) is 15.9. The number of anilines is 2. The highest BCUT2D eigenvalue weighted by Gasteiger charge is 2.30. The number of nitrogens with one attached hydrogen (secondary N) is 2. The second-order valence-electron chi connectivity index (χ2n) is 13.8. The number of sulfonamides is 1. The fourth-order valence-corrected chi connectivity index (χ4v) is 7.52. The zero-order chi connectivity index (χ0) is 35.7. The van der Waals surface area contributed by atoms with Crippen LogP contribution in [0.3, 0.4) is 0 Å². The van der Waals surface area contributed by atoms with Gasteiger partial charge in [0.1, 0.15) is 17.2 Å². The Bertz CT molecular complexity index is 1940. The summed E-state index contributed by atoms with van der Waals surface area (Å²) in [6.07, 6.45) is 3.42. The summed E-state index contributed by atoms with van der Waals surface area (Å²) in [6.45, 7) is 12.5. The van der Waals surface area contributed by atoms with Crippen LogP contribution in [0, 0.1) is 17.5 Å². The first-order chi connectivity index (χ1) is 22.9. The van der Waals surface area contributed by atoms with Crippen molar-refractivity contribution in [2.24, 2.45) is 0 Å². The molecule has 10 nitrogen and oxygen atoms in total. The number of amides is 1. The lowest BCUT2D eigenvalue weighted by molar-refractivity contribution is 0.0256. The van der Waals surface area contributed by atoms with Gasteiger partial charge in [0.25, 0.3) is 10.0 Å². The standard InChI is InChI=1S/C34H39F3N6O4S2/c1-33(2,3)30-41-27(21-11-7-14-24(26(21)37)42-49(45,46)29-22(35)12-8-13-23(29)36)28(48-30)25-15-17-38-31(40-25)39-20-10-9-18-43(19-16-20)32(44)47-34(4,5)6/h7-8,11-15,17,20,42H,9-10,16,18-19H2,1-6H3,(H,38,39,40). The summed E-state index contributed by atoms with van der Waals surface area (Å²) in [4.78, 5) is 27.6. The summed E-state index contributed by atoms with van der Waals surface area (Å²) in [5.74, 6) is -3.25. The van der Waals surface area contributed by atoms with Gasteiger partial charge in [0.15, 0.2) is 10.7 Å². The molecule has 262 valence electrons. The van der Waals surface area contributed by atoms with Gasteiger partial charge in [-0.25, -0.2) is 41.3 Å². The van der Waals surface area contributed by atoms with Crippen LogP contribution >= 0.6 is 11.3 Å². The summed E-state index contributed by atoms with van der Waals surface area (Å²) in [7, 11) is -4.83. The van der Waals surface area contributed by atoms with Gasteiger partial charge < -0.3 is 15.0 Å². The Hall–Kier alpha value is -4.24. The molecule has 15 heteroatoms. The highest BCUT2D eigenvalue weighted by Crippen LogP contribution is 2.42. The second kappa shape index (κ2) is 13.9. The first kappa shape index (κ1) is 36.1. The van der Waals surface area contributed by atoms with E-state index in [2.05, 4.69) is 10.3 Å². The Kier molecular flexibility index (Phi) is 10.3. The van der Waals surface area contributed by atoms with Gasteiger partial charge in [0, 0.05) is 36.3 Å². The first-order valence-corrected chi connectivity index (χ1v) is 18.1. The summed E-state index contributed by atoms with van der Waals surface area (Å²) in [5, 5.41) is 4.05. The van der Waals surface area contributed by atoms with Crippen molar-refractivity contribution >= 4 is 39.1 Å². The summed E-state index contributed by atoms with van der Waals surface area (Å²) in [5.41, 5.74) is -0.868. The van der Waals surface area contributed by atoms with Gasteiger partial charge in [-0.2, -0.15) is 0 Å². The van der Waals surface area contributed by atoms with Gasteiger partial charge >= 0.3 is 6.09 Å². The van der Waals surface area contributed by atoms with Crippen LogP contribution in [0.15, 0.2) is 53.6 Å². The molecule has 1 atom stereocenters. The Morgan fingerprint density at radius 3 is 2.33 bits per heavy atom. The number of aromatic nitrogens is 3. The Morgan fingerprint density at radius 2 is 1.65 bits per heavy atom. The van der Waals surface area contributed by atoms with Gasteiger partial charge in [-0.1, -0.05) is 32.9 Å². The van der Waals surface area contributed by atoms with E-state index in [0.717, 1.165) is 37.1 Å². The number of likely N-dealkylation sites (tertiary alicyclic amines) is 1. The third-order valence-electron chi connectivity index (χ3n) is 7.56. The Balaban J connectivity index is 1.44. The maximum atomic E-state index is 16.2. The van der Waals surface area contributed by atoms with Crippen LogP contribution in [0.5, 0.6) is 0 Å². The molecule has 0 saturated carbocycles. The van der Waals surface area contributed by atoms with Crippen molar-refractivity contribution in [2.45, 2.75) is 82.8 Å². The number of hydrogen-bond acceptors (Lipinski definition) is 9. The molecular formula is C34H39F3N6O4S2. The lowest BCUT2D eigenvalue weighted by atomic mass is 9.98. The maximum absolute atomic E-state index is 16.2. The summed E-state index contributed by atoms with van der Waals surface area (Å²) < 4.78 is 78.4. The van der Waals surface area contributed by atoms with Gasteiger partial charge in [-0.15, -0.1) is 11.3 Å². The Labute approximate surface area is 288 Å². The van der Waals surface area contributed by atoms with Crippen molar-refractivity contribution in [2.75, 3.05) is 23.1 Å². The summed E-state index contributed by atoms with van der Waals surface area (Å²) in [6, 6.07) is 8.34. The number of carbonyl (C=O) groups is 1. The van der Waals surface area contributed by atoms with Crippen LogP contribution in [-0.4, -0.2) is 59.1 Å². The number of carbonyl (C=O) groups excluding carboxylic acids is 1. The van der Waals surface area contributed by atoms with E-state index in [0.29, 0.717) is 41.0 Å². The van der Waals surface area contributed by atoms with Crippen LogP contribution in [0.2, 0.25) is 0 Å². The maximum Gasteiger partial charge on any atom is 0.410 e. The number of benzene rings is 2. The van der Waals surface area contributed by atoms with E-state index in [-0.39, 0.29) is 23.4 Å². The van der Waals surface area contributed by atoms with E-state index in [1.54, 1.807) is 17.2 Å². The van der Waals surface area contributed by atoms with Gasteiger partial charge in [0.2, 0.25) is 5.95 Å². The summed E-state index contributed by atoms with van der Waals surface area (Å²) >= 11 is 1.32.